The second-order valence-corrected chi connectivity index (χ2v) is 12.2. The molecule has 0 radical (unpaired) electrons. The monoisotopic (exact) mass is 474 g/mol. The summed E-state index contributed by atoms with van der Waals surface area (Å²) >= 11 is 0. The van der Waals surface area contributed by atoms with E-state index in [4.69, 9.17) is 0 Å². The fourth-order valence-corrected chi connectivity index (χ4v) is 7.09. The van der Waals surface area contributed by atoms with Crippen LogP contribution in [0.4, 0.5) is 0 Å². The molecule has 0 saturated heterocycles. The minimum Gasteiger partial charge on any atom is -0.102 e. The molecule has 0 atom stereocenters. The van der Waals surface area contributed by atoms with Gasteiger partial charge in [-0.2, -0.15) is 0 Å². The summed E-state index contributed by atoms with van der Waals surface area (Å²) in [5.74, 6) is 0. The van der Waals surface area contributed by atoms with Gasteiger partial charge in [-0.05, 0) is 39.9 Å². The first-order chi connectivity index (χ1) is 17.6. The summed E-state index contributed by atoms with van der Waals surface area (Å²) in [6.07, 6.45) is 0. The second kappa shape index (κ2) is 9.94. The summed E-state index contributed by atoms with van der Waals surface area (Å²) in [6.45, 7) is 2.29. The van der Waals surface area contributed by atoms with Crippen molar-refractivity contribution in [1.29, 1.82) is 0 Å². The number of hydrogen-bond donors (Lipinski definition) is 0. The molecule has 0 spiro atoms. The van der Waals surface area contributed by atoms with Gasteiger partial charge in [0.05, 0.1) is 0 Å². The van der Waals surface area contributed by atoms with E-state index >= 15 is 0 Å². The maximum atomic E-state index is 2.36. The number of fused-ring (bicyclic) bond motifs is 1. The largest absolute Gasteiger partial charge is 0.139 e. The molecule has 0 nitrogen and oxygen atoms in total. The van der Waals surface area contributed by atoms with Crippen LogP contribution in [-0.4, -0.2) is 118 Å². The lowest BCUT2D eigenvalue weighted by Gasteiger charge is -2.31. The van der Waals surface area contributed by atoms with Crippen LogP contribution in [0.5, 0.6) is 0 Å². The zero-order valence-electron chi connectivity index (χ0n) is 27.0. The molecule has 0 aromatic heterocycles. The zero-order chi connectivity index (χ0) is 28.7. The smallest absolute Gasteiger partial charge is 0.102 e. The lowest BCUT2D eigenvalue weighted by atomic mass is 9.55. The van der Waals surface area contributed by atoms with E-state index < -0.39 is 0 Å². The lowest BCUT2D eigenvalue weighted by Crippen LogP contribution is -2.56. The summed E-state index contributed by atoms with van der Waals surface area (Å²) in [5.41, 5.74) is 28.5. The van der Waals surface area contributed by atoms with Gasteiger partial charge >= 0.3 is 0 Å². The van der Waals surface area contributed by atoms with E-state index in [0.29, 0.717) is 0 Å². The van der Waals surface area contributed by atoms with Crippen LogP contribution in [0.15, 0.2) is 0 Å². The first-order valence-corrected chi connectivity index (χ1v) is 14.2. The number of benzene rings is 4. The molecule has 4 aromatic carbocycles. The van der Waals surface area contributed by atoms with Crippen LogP contribution in [0.2, 0.25) is 0 Å². The Balaban J connectivity index is 2.48. The third-order valence-corrected chi connectivity index (χ3v) is 11.0. The van der Waals surface area contributed by atoms with Gasteiger partial charge < -0.3 is 0 Å². The standard InChI is InChI=1S/C23H33B15/c1-2-9(24)13(28)7(14(29)10(2)25)4-3-5(8-17(32)21(36)23(38)22(37)18(8)33)12(27)20(35)16(31)6(3)15(30)19(34)11(4)26/h24-38H2,1H3. The molecule has 0 bridgehead atoms. The molecule has 0 aliphatic heterocycles. The molecule has 15 heteroatoms. The van der Waals surface area contributed by atoms with E-state index in [9.17, 15) is 0 Å². The first-order valence-electron chi connectivity index (χ1n) is 14.2. The molecule has 0 fully saturated rings. The summed E-state index contributed by atoms with van der Waals surface area (Å²) in [7, 11) is 35.0. The fraction of sp³-hybridized carbons (Fsp3) is 0.0435. The Labute approximate surface area is 244 Å². The van der Waals surface area contributed by atoms with E-state index in [1.54, 1.807) is 0 Å². The molecule has 4 aromatic rings. The minimum atomic E-state index is 1.42. The number of rotatable bonds is 2. The third kappa shape index (κ3) is 3.89. The average molecular weight is 472 g/mol. The van der Waals surface area contributed by atoms with Gasteiger partial charge in [-0.1, -0.05) is 60.2 Å². The average Bonchev–Trinajstić information content (AvgIpc) is 2.89. The van der Waals surface area contributed by atoms with Crippen molar-refractivity contribution in [2.24, 2.45) is 0 Å². The van der Waals surface area contributed by atoms with Crippen LogP contribution >= 0.6 is 0 Å². The van der Waals surface area contributed by atoms with Gasteiger partial charge in [0.25, 0.3) is 0 Å². The van der Waals surface area contributed by atoms with Crippen LogP contribution in [0, 0.1) is 6.92 Å². The van der Waals surface area contributed by atoms with Crippen LogP contribution in [0.3, 0.4) is 0 Å². The van der Waals surface area contributed by atoms with E-state index in [0.717, 1.165) is 0 Å². The molecule has 0 N–H and O–H groups in total. The summed E-state index contributed by atoms with van der Waals surface area (Å²) in [6, 6.07) is 0. The molecule has 4 rings (SSSR count). The highest BCUT2D eigenvalue weighted by molar-refractivity contribution is 6.73. The Hall–Kier alpha value is -1.89. The third-order valence-electron chi connectivity index (χ3n) is 11.0. The van der Waals surface area contributed by atoms with Gasteiger partial charge in [0.2, 0.25) is 0 Å². The van der Waals surface area contributed by atoms with E-state index in [1.165, 1.54) is 121 Å². The van der Waals surface area contributed by atoms with E-state index in [2.05, 4.69) is 125 Å². The minimum absolute atomic E-state index is 1.42. The van der Waals surface area contributed by atoms with Crippen LogP contribution < -0.4 is 81.9 Å². The van der Waals surface area contributed by atoms with Crippen molar-refractivity contribution in [3.05, 3.63) is 5.56 Å². The normalized spacial score (nSPS) is 11.3. The van der Waals surface area contributed by atoms with Gasteiger partial charge in [0.1, 0.15) is 118 Å². The van der Waals surface area contributed by atoms with Crippen molar-refractivity contribution >= 4 is 210 Å². The molecule has 0 unspecified atom stereocenters. The zero-order valence-corrected chi connectivity index (χ0v) is 27.0. The van der Waals surface area contributed by atoms with Gasteiger partial charge in [-0.15, -0.1) is 27.3 Å². The maximum Gasteiger partial charge on any atom is 0.139 e. The SMILES string of the molecule is Bc1c(B)c(B)c(-c2c(B)c(B)c(B)c3c(B)c(B)c(B)c(-c4c(B)c(B)c(C)c(B)c4B)c23)c(B)c1B. The predicted molar refractivity (Wildman–Crippen MR) is 222 cm³/mol. The van der Waals surface area contributed by atoms with E-state index in [-0.39, 0.29) is 0 Å². The highest BCUT2D eigenvalue weighted by atomic mass is 14.2. The first kappa shape index (κ1) is 29.1. The van der Waals surface area contributed by atoms with Crippen molar-refractivity contribution in [2.75, 3.05) is 0 Å². The molecule has 0 heterocycles. The molecule has 0 aliphatic carbocycles. The molecule has 0 aliphatic rings. The summed E-state index contributed by atoms with van der Waals surface area (Å²) in [4.78, 5) is 0. The van der Waals surface area contributed by atoms with E-state index in [1.807, 2.05) is 0 Å². The Bertz CT molecular complexity index is 1540. The molecule has 0 amide bonds. The Morgan fingerprint density at radius 1 is 0.237 bits per heavy atom. The number of hydrogen-bond acceptors (Lipinski definition) is 0. The fourth-order valence-electron chi connectivity index (χ4n) is 7.09. The summed E-state index contributed by atoms with van der Waals surface area (Å²) < 4.78 is 0. The molecular formula is C23H33B15. The maximum absolute atomic E-state index is 2.36. The van der Waals surface area contributed by atoms with Crippen molar-refractivity contribution in [2.45, 2.75) is 6.92 Å². The van der Waals surface area contributed by atoms with Crippen LogP contribution in [0.25, 0.3) is 33.0 Å². The van der Waals surface area contributed by atoms with Crippen LogP contribution in [-0.2, 0) is 0 Å². The Morgan fingerprint density at radius 3 is 0.816 bits per heavy atom. The van der Waals surface area contributed by atoms with Crippen molar-refractivity contribution in [3.63, 3.8) is 0 Å². The molecule has 0 saturated carbocycles. The van der Waals surface area contributed by atoms with Gasteiger partial charge in [0, 0.05) is 0 Å². The molecule has 38 heavy (non-hydrogen) atoms. The van der Waals surface area contributed by atoms with Gasteiger partial charge in [-0.25, -0.2) is 0 Å². The summed E-state index contributed by atoms with van der Waals surface area (Å²) in [5, 5.41) is 2.90. The van der Waals surface area contributed by atoms with Gasteiger partial charge in [0.15, 0.2) is 0 Å². The quantitative estimate of drug-likeness (QED) is 0.255. The van der Waals surface area contributed by atoms with Crippen molar-refractivity contribution < 1.29 is 0 Å². The molecular weight excluding hydrogens is 438 g/mol. The predicted octanol–water partition coefficient (Wildman–Crippen LogP) is -19.6. The second-order valence-electron chi connectivity index (χ2n) is 12.2. The lowest BCUT2D eigenvalue weighted by molar-refractivity contribution is 1.59. The highest BCUT2D eigenvalue weighted by Crippen LogP contribution is 2.29. The van der Waals surface area contributed by atoms with Crippen LogP contribution in [0.1, 0.15) is 5.56 Å². The Morgan fingerprint density at radius 2 is 0.474 bits per heavy atom. The van der Waals surface area contributed by atoms with Crippen molar-refractivity contribution in [1.82, 2.24) is 0 Å². The van der Waals surface area contributed by atoms with Crippen molar-refractivity contribution in [3.8, 4) is 22.3 Å². The highest BCUT2D eigenvalue weighted by Gasteiger charge is 2.26. The molecule has 170 valence electrons. The Kier molecular flexibility index (Phi) is 7.61. The topological polar surface area (TPSA) is 0 Å². The van der Waals surface area contributed by atoms with Gasteiger partial charge in [-0.3, -0.25) is 0 Å².